The maximum Gasteiger partial charge on any atom is 0.132 e. The standard InChI is InChI=1S/C15H18N4/c1-2-12-8-15(18-10-17-12)19-7-6-13-11(9-19)4-3-5-14(13)16/h3-5,8,10H,2,6-7,9,16H2,1H3. The lowest BCUT2D eigenvalue weighted by atomic mass is 9.98. The average molecular weight is 254 g/mol. The van der Waals surface area contributed by atoms with Gasteiger partial charge in [-0.3, -0.25) is 0 Å². The molecule has 0 spiro atoms. The monoisotopic (exact) mass is 254 g/mol. The number of rotatable bonds is 2. The van der Waals surface area contributed by atoms with Crippen molar-refractivity contribution in [1.82, 2.24) is 9.97 Å². The molecule has 0 radical (unpaired) electrons. The molecule has 2 N–H and O–H groups in total. The fourth-order valence-electron chi connectivity index (χ4n) is 2.59. The van der Waals surface area contributed by atoms with Gasteiger partial charge in [0.1, 0.15) is 12.1 Å². The average Bonchev–Trinajstić information content (AvgIpc) is 2.47. The first kappa shape index (κ1) is 12.0. The van der Waals surface area contributed by atoms with Crippen molar-refractivity contribution in [2.45, 2.75) is 26.3 Å². The molecule has 19 heavy (non-hydrogen) atoms. The van der Waals surface area contributed by atoms with E-state index in [-0.39, 0.29) is 0 Å². The molecule has 0 aliphatic carbocycles. The van der Waals surface area contributed by atoms with Crippen molar-refractivity contribution >= 4 is 11.5 Å². The molecule has 0 atom stereocenters. The van der Waals surface area contributed by atoms with Crippen LogP contribution in [0.5, 0.6) is 0 Å². The smallest absolute Gasteiger partial charge is 0.132 e. The van der Waals surface area contributed by atoms with E-state index >= 15 is 0 Å². The second kappa shape index (κ2) is 4.88. The summed E-state index contributed by atoms with van der Waals surface area (Å²) in [4.78, 5) is 10.9. The molecule has 4 heteroatoms. The van der Waals surface area contributed by atoms with Crippen LogP contribution in [-0.4, -0.2) is 16.5 Å². The highest BCUT2D eigenvalue weighted by Crippen LogP contribution is 2.26. The lowest BCUT2D eigenvalue weighted by Crippen LogP contribution is -2.31. The first-order chi connectivity index (χ1) is 9.28. The van der Waals surface area contributed by atoms with Crippen molar-refractivity contribution in [1.29, 1.82) is 0 Å². The van der Waals surface area contributed by atoms with Crippen LogP contribution in [0, 0.1) is 0 Å². The van der Waals surface area contributed by atoms with Crippen molar-refractivity contribution in [3.05, 3.63) is 47.4 Å². The minimum Gasteiger partial charge on any atom is -0.398 e. The van der Waals surface area contributed by atoms with Gasteiger partial charge in [0.05, 0.1) is 0 Å². The number of aromatic nitrogens is 2. The molecule has 1 aromatic carbocycles. The molecule has 0 saturated heterocycles. The van der Waals surface area contributed by atoms with Crippen molar-refractivity contribution in [2.75, 3.05) is 17.2 Å². The molecule has 0 fully saturated rings. The predicted molar refractivity (Wildman–Crippen MR) is 77.0 cm³/mol. The summed E-state index contributed by atoms with van der Waals surface area (Å²) in [5, 5.41) is 0. The number of hydrogen-bond acceptors (Lipinski definition) is 4. The van der Waals surface area contributed by atoms with Gasteiger partial charge in [-0.05, 0) is 30.0 Å². The third kappa shape index (κ3) is 2.26. The number of fused-ring (bicyclic) bond motifs is 1. The highest BCUT2D eigenvalue weighted by atomic mass is 15.2. The predicted octanol–water partition coefficient (Wildman–Crippen LogP) is 2.18. The van der Waals surface area contributed by atoms with Crippen LogP contribution in [0.3, 0.4) is 0 Å². The summed E-state index contributed by atoms with van der Waals surface area (Å²) < 4.78 is 0. The largest absolute Gasteiger partial charge is 0.398 e. The SMILES string of the molecule is CCc1cc(N2CCc3c(N)cccc3C2)ncn1. The Hall–Kier alpha value is -2.10. The highest BCUT2D eigenvalue weighted by molar-refractivity contribution is 5.55. The first-order valence-electron chi connectivity index (χ1n) is 6.70. The van der Waals surface area contributed by atoms with E-state index in [2.05, 4.69) is 33.9 Å². The number of nitrogen functional groups attached to an aromatic ring is 1. The van der Waals surface area contributed by atoms with E-state index < -0.39 is 0 Å². The van der Waals surface area contributed by atoms with Crippen LogP contribution in [0.15, 0.2) is 30.6 Å². The van der Waals surface area contributed by atoms with Gasteiger partial charge in [-0.2, -0.15) is 0 Å². The molecule has 1 aromatic heterocycles. The van der Waals surface area contributed by atoms with Gasteiger partial charge in [-0.1, -0.05) is 19.1 Å². The number of hydrogen-bond donors (Lipinski definition) is 1. The Bertz CT molecular complexity index is 594. The van der Waals surface area contributed by atoms with Gasteiger partial charge in [-0.25, -0.2) is 9.97 Å². The normalized spacial score (nSPS) is 14.3. The molecule has 0 amide bonds. The van der Waals surface area contributed by atoms with Crippen LogP contribution in [0.4, 0.5) is 11.5 Å². The van der Waals surface area contributed by atoms with Gasteiger partial charge in [-0.15, -0.1) is 0 Å². The van der Waals surface area contributed by atoms with Gasteiger partial charge < -0.3 is 10.6 Å². The van der Waals surface area contributed by atoms with Gasteiger partial charge >= 0.3 is 0 Å². The van der Waals surface area contributed by atoms with Crippen LogP contribution in [0.25, 0.3) is 0 Å². The molecule has 0 saturated carbocycles. The zero-order valence-electron chi connectivity index (χ0n) is 11.1. The van der Waals surface area contributed by atoms with Crippen molar-refractivity contribution in [3.8, 4) is 0 Å². The Morgan fingerprint density at radius 2 is 2.21 bits per heavy atom. The fraction of sp³-hybridized carbons (Fsp3) is 0.333. The molecule has 3 rings (SSSR count). The van der Waals surface area contributed by atoms with Crippen LogP contribution in [-0.2, 0) is 19.4 Å². The van der Waals surface area contributed by atoms with Crippen LogP contribution >= 0.6 is 0 Å². The summed E-state index contributed by atoms with van der Waals surface area (Å²) in [6.45, 7) is 3.94. The summed E-state index contributed by atoms with van der Waals surface area (Å²) in [6, 6.07) is 8.24. The lowest BCUT2D eigenvalue weighted by Gasteiger charge is -2.30. The number of nitrogens with two attached hydrogens (primary N) is 1. The summed E-state index contributed by atoms with van der Waals surface area (Å²) in [5.41, 5.74) is 10.6. The second-order valence-corrected chi connectivity index (χ2v) is 4.88. The number of nitrogens with zero attached hydrogens (tertiary/aromatic N) is 3. The van der Waals surface area contributed by atoms with Gasteiger partial charge in [0.15, 0.2) is 0 Å². The quantitative estimate of drug-likeness (QED) is 0.835. The van der Waals surface area contributed by atoms with Gasteiger partial charge in [0, 0.05) is 30.5 Å². The Kier molecular flexibility index (Phi) is 3.07. The summed E-state index contributed by atoms with van der Waals surface area (Å²) >= 11 is 0. The molecule has 98 valence electrons. The lowest BCUT2D eigenvalue weighted by molar-refractivity contribution is 0.719. The van der Waals surface area contributed by atoms with Crippen molar-refractivity contribution in [2.24, 2.45) is 0 Å². The number of benzene rings is 1. The molecular formula is C15H18N4. The van der Waals surface area contributed by atoms with Crippen LogP contribution in [0.2, 0.25) is 0 Å². The van der Waals surface area contributed by atoms with Crippen LogP contribution < -0.4 is 10.6 Å². The number of aryl methyl sites for hydroxylation is 1. The second-order valence-electron chi connectivity index (χ2n) is 4.88. The topological polar surface area (TPSA) is 55.0 Å². The molecule has 1 aliphatic rings. The van der Waals surface area contributed by atoms with Gasteiger partial charge in [0.25, 0.3) is 0 Å². The third-order valence-corrected chi connectivity index (χ3v) is 3.70. The van der Waals surface area contributed by atoms with Gasteiger partial charge in [0.2, 0.25) is 0 Å². The Morgan fingerprint density at radius 1 is 1.32 bits per heavy atom. The summed E-state index contributed by atoms with van der Waals surface area (Å²) in [7, 11) is 0. The molecule has 2 heterocycles. The van der Waals surface area contributed by atoms with E-state index in [4.69, 9.17) is 5.73 Å². The molecular weight excluding hydrogens is 236 g/mol. The zero-order chi connectivity index (χ0) is 13.2. The van der Waals surface area contributed by atoms with Crippen molar-refractivity contribution < 1.29 is 0 Å². The Morgan fingerprint density at radius 3 is 3.05 bits per heavy atom. The molecule has 0 unspecified atom stereocenters. The minimum atomic E-state index is 0.876. The zero-order valence-corrected chi connectivity index (χ0v) is 11.1. The molecule has 1 aliphatic heterocycles. The van der Waals surface area contributed by atoms with E-state index in [1.807, 2.05) is 12.1 Å². The maximum atomic E-state index is 6.03. The number of anilines is 2. The first-order valence-corrected chi connectivity index (χ1v) is 6.70. The summed E-state index contributed by atoms with van der Waals surface area (Å²) in [6.07, 6.45) is 3.57. The Balaban J connectivity index is 1.89. The van der Waals surface area contributed by atoms with Crippen molar-refractivity contribution in [3.63, 3.8) is 0 Å². The van der Waals surface area contributed by atoms with E-state index in [1.54, 1.807) is 6.33 Å². The van der Waals surface area contributed by atoms with E-state index in [9.17, 15) is 0 Å². The van der Waals surface area contributed by atoms with E-state index in [0.29, 0.717) is 0 Å². The van der Waals surface area contributed by atoms with E-state index in [1.165, 1.54) is 11.1 Å². The summed E-state index contributed by atoms with van der Waals surface area (Å²) in [5.74, 6) is 1.01. The fourth-order valence-corrected chi connectivity index (χ4v) is 2.59. The molecule has 0 bridgehead atoms. The Labute approximate surface area is 113 Å². The van der Waals surface area contributed by atoms with E-state index in [0.717, 1.165) is 43.1 Å². The molecule has 2 aromatic rings. The minimum absolute atomic E-state index is 0.876. The molecule has 4 nitrogen and oxygen atoms in total. The highest BCUT2D eigenvalue weighted by Gasteiger charge is 2.19. The maximum absolute atomic E-state index is 6.03. The van der Waals surface area contributed by atoms with Crippen LogP contribution in [0.1, 0.15) is 23.7 Å². The third-order valence-electron chi connectivity index (χ3n) is 3.70.